The highest BCUT2D eigenvalue weighted by Gasteiger charge is 2.53. The van der Waals surface area contributed by atoms with Gasteiger partial charge in [-0.3, -0.25) is 0 Å². The molecule has 0 fully saturated rings. The molecule has 32 heavy (non-hydrogen) atoms. The zero-order valence-corrected chi connectivity index (χ0v) is 19.3. The molecule has 0 saturated carbocycles. The molecule has 1 heteroatoms. The van der Waals surface area contributed by atoms with Crippen LogP contribution in [0.25, 0.3) is 11.1 Å². The van der Waals surface area contributed by atoms with Crippen molar-refractivity contribution in [1.82, 2.24) is 0 Å². The average molecular weight is 427 g/mol. The first kappa shape index (κ1) is 19.3. The molecule has 6 rings (SSSR count). The molecule has 0 amide bonds. The van der Waals surface area contributed by atoms with E-state index in [1.165, 1.54) is 38.2 Å². The Kier molecular flexibility index (Phi) is 4.59. The minimum atomic E-state index is -2.38. The molecular formula is C31H26Si. The van der Waals surface area contributed by atoms with Gasteiger partial charge in [-0.15, -0.1) is 0 Å². The number of fused-ring (bicyclic) bond motifs is 3. The maximum absolute atomic E-state index is 2.45. The third-order valence-electron chi connectivity index (χ3n) is 7.39. The van der Waals surface area contributed by atoms with Crippen LogP contribution >= 0.6 is 0 Å². The highest BCUT2D eigenvalue weighted by molar-refractivity contribution is 7.05. The Bertz CT molecular complexity index is 1280. The minimum Gasteiger partial charge on any atom is -0.0796 e. The smallest absolute Gasteiger partial charge is 0.0796 e. The van der Waals surface area contributed by atoms with Crippen molar-refractivity contribution in [1.29, 1.82) is 0 Å². The summed E-state index contributed by atoms with van der Waals surface area (Å²) in [5, 5.41) is 3.00. The standard InChI is InChI=1S/C31H26Si/c1-23-13-12-22-29-30(23)27-20-10-11-21-28(27)31(29)32(26-18-8-9-19-26,24-14-4-2-5-15-24)25-16-6-3-7-17-25/h2-22,26,31H,1H3. The monoisotopic (exact) mass is 426 g/mol. The maximum Gasteiger partial charge on any atom is 0.139 e. The topological polar surface area (TPSA) is 0 Å². The van der Waals surface area contributed by atoms with Crippen LogP contribution in [-0.2, 0) is 0 Å². The van der Waals surface area contributed by atoms with E-state index in [0.29, 0.717) is 11.1 Å². The van der Waals surface area contributed by atoms with E-state index in [4.69, 9.17) is 0 Å². The van der Waals surface area contributed by atoms with Gasteiger partial charge in [0.2, 0.25) is 0 Å². The van der Waals surface area contributed by atoms with Gasteiger partial charge in [-0.05, 0) is 40.3 Å². The van der Waals surface area contributed by atoms with Gasteiger partial charge in [-0.2, -0.15) is 0 Å². The molecule has 4 aromatic carbocycles. The molecule has 1 unspecified atom stereocenters. The summed E-state index contributed by atoms with van der Waals surface area (Å²) in [5.41, 5.74) is 7.99. The molecular weight excluding hydrogens is 400 g/mol. The second-order valence-corrected chi connectivity index (χ2v) is 13.1. The minimum absolute atomic E-state index is 0.357. The van der Waals surface area contributed by atoms with Crippen molar-refractivity contribution in [3.05, 3.63) is 144 Å². The summed E-state index contributed by atoms with van der Waals surface area (Å²) in [6, 6.07) is 38.8. The van der Waals surface area contributed by atoms with Crippen molar-refractivity contribution in [3.63, 3.8) is 0 Å². The van der Waals surface area contributed by atoms with Gasteiger partial charge in [-0.1, -0.05) is 138 Å². The lowest BCUT2D eigenvalue weighted by atomic mass is 10.0. The fourth-order valence-corrected chi connectivity index (χ4v) is 12.1. The molecule has 0 bridgehead atoms. The molecule has 0 saturated heterocycles. The number of hydrogen-bond donors (Lipinski definition) is 0. The van der Waals surface area contributed by atoms with Gasteiger partial charge < -0.3 is 0 Å². The van der Waals surface area contributed by atoms with Crippen molar-refractivity contribution in [2.24, 2.45) is 0 Å². The van der Waals surface area contributed by atoms with Crippen molar-refractivity contribution in [3.8, 4) is 11.1 Å². The van der Waals surface area contributed by atoms with Gasteiger partial charge >= 0.3 is 0 Å². The lowest BCUT2D eigenvalue weighted by Crippen LogP contribution is -2.65. The SMILES string of the molecule is Cc1cccc2c1-c1ccccc1C2[Si](c1ccccc1)(c1ccccc1)C1C=CC=C1. The third-order valence-corrected chi connectivity index (χ3v) is 12.9. The summed E-state index contributed by atoms with van der Waals surface area (Å²) in [5.74, 6) is 0. The Morgan fingerprint density at radius 1 is 0.562 bits per heavy atom. The molecule has 0 aromatic heterocycles. The van der Waals surface area contributed by atoms with Crippen LogP contribution in [0.3, 0.4) is 0 Å². The number of allylic oxidation sites excluding steroid dienone is 4. The van der Waals surface area contributed by atoms with Crippen LogP contribution in [0, 0.1) is 6.92 Å². The van der Waals surface area contributed by atoms with Crippen LogP contribution in [0.2, 0.25) is 5.54 Å². The largest absolute Gasteiger partial charge is 0.139 e. The molecule has 0 heterocycles. The lowest BCUT2D eigenvalue weighted by Gasteiger charge is -2.43. The van der Waals surface area contributed by atoms with E-state index in [1.807, 2.05) is 0 Å². The first-order valence-electron chi connectivity index (χ1n) is 11.5. The highest BCUT2D eigenvalue weighted by atomic mass is 28.3. The van der Waals surface area contributed by atoms with Gasteiger partial charge in [0, 0.05) is 5.54 Å². The summed E-state index contributed by atoms with van der Waals surface area (Å²) in [6.45, 7) is 2.27. The highest BCUT2D eigenvalue weighted by Crippen LogP contribution is 2.53. The van der Waals surface area contributed by atoms with Crippen LogP contribution in [0.15, 0.2) is 127 Å². The van der Waals surface area contributed by atoms with Crippen LogP contribution in [-0.4, -0.2) is 8.07 Å². The molecule has 0 radical (unpaired) electrons. The van der Waals surface area contributed by atoms with E-state index in [0.717, 1.165) is 0 Å². The van der Waals surface area contributed by atoms with E-state index >= 15 is 0 Å². The Morgan fingerprint density at radius 3 is 1.78 bits per heavy atom. The summed E-state index contributed by atoms with van der Waals surface area (Å²) >= 11 is 0. The molecule has 154 valence electrons. The molecule has 0 aliphatic heterocycles. The van der Waals surface area contributed by atoms with Crippen molar-refractivity contribution in [2.45, 2.75) is 18.0 Å². The Hall–Kier alpha value is -3.42. The summed E-state index contributed by atoms with van der Waals surface area (Å²) in [6.07, 6.45) is 9.39. The van der Waals surface area contributed by atoms with Gasteiger partial charge in [0.05, 0.1) is 0 Å². The normalized spacial score (nSPS) is 16.8. The molecule has 2 aliphatic rings. The van der Waals surface area contributed by atoms with Gasteiger partial charge in [0.25, 0.3) is 0 Å². The molecule has 0 N–H and O–H groups in total. The van der Waals surface area contributed by atoms with E-state index in [2.05, 4.69) is 134 Å². The second-order valence-electron chi connectivity index (χ2n) is 8.96. The van der Waals surface area contributed by atoms with Crippen LogP contribution in [0.5, 0.6) is 0 Å². The second kappa shape index (κ2) is 7.61. The van der Waals surface area contributed by atoms with E-state index in [9.17, 15) is 0 Å². The molecule has 2 aliphatic carbocycles. The van der Waals surface area contributed by atoms with Crippen LogP contribution in [0.4, 0.5) is 0 Å². The number of hydrogen-bond acceptors (Lipinski definition) is 0. The Labute approximate surface area is 191 Å². The number of rotatable bonds is 4. The average Bonchev–Trinajstić information content (AvgIpc) is 3.50. The lowest BCUT2D eigenvalue weighted by molar-refractivity contribution is 1.09. The molecule has 1 atom stereocenters. The van der Waals surface area contributed by atoms with Crippen molar-refractivity contribution in [2.75, 3.05) is 0 Å². The van der Waals surface area contributed by atoms with Crippen LogP contribution < -0.4 is 10.4 Å². The van der Waals surface area contributed by atoms with Gasteiger partial charge in [-0.25, -0.2) is 0 Å². The number of benzene rings is 4. The first-order valence-corrected chi connectivity index (χ1v) is 13.6. The molecule has 4 aromatic rings. The predicted molar refractivity (Wildman–Crippen MR) is 138 cm³/mol. The quantitative estimate of drug-likeness (QED) is 0.331. The summed E-state index contributed by atoms with van der Waals surface area (Å²) in [7, 11) is -2.38. The summed E-state index contributed by atoms with van der Waals surface area (Å²) < 4.78 is 0. The fourth-order valence-electron chi connectivity index (χ4n) is 6.17. The first-order chi connectivity index (χ1) is 15.8. The fraction of sp³-hybridized carbons (Fsp3) is 0.0968. The molecule has 0 spiro atoms. The number of aryl methyl sites for hydroxylation is 1. The molecule has 0 nitrogen and oxygen atoms in total. The maximum atomic E-state index is 2.45. The zero-order valence-electron chi connectivity index (χ0n) is 18.3. The zero-order chi connectivity index (χ0) is 21.5. The van der Waals surface area contributed by atoms with Crippen molar-refractivity contribution < 1.29 is 0 Å². The van der Waals surface area contributed by atoms with Crippen molar-refractivity contribution >= 4 is 18.4 Å². The van der Waals surface area contributed by atoms with Gasteiger partial charge in [0.15, 0.2) is 0 Å². The predicted octanol–water partition coefficient (Wildman–Crippen LogP) is 6.41. The third kappa shape index (κ3) is 2.68. The summed E-state index contributed by atoms with van der Waals surface area (Å²) in [4.78, 5) is 0. The Morgan fingerprint density at radius 2 is 1.12 bits per heavy atom. The van der Waals surface area contributed by atoms with E-state index in [1.54, 1.807) is 0 Å². The Balaban J connectivity index is 1.77. The van der Waals surface area contributed by atoms with E-state index in [-0.39, 0.29) is 0 Å². The van der Waals surface area contributed by atoms with E-state index < -0.39 is 8.07 Å². The van der Waals surface area contributed by atoms with Gasteiger partial charge in [0.1, 0.15) is 8.07 Å². The van der Waals surface area contributed by atoms with Crippen LogP contribution in [0.1, 0.15) is 22.2 Å².